The molecule has 3 N–H and O–H groups in total. The van der Waals surface area contributed by atoms with Crippen LogP contribution in [0.3, 0.4) is 0 Å². The van der Waals surface area contributed by atoms with Crippen LogP contribution in [0, 0.1) is 0 Å². The highest BCUT2D eigenvalue weighted by molar-refractivity contribution is 9.10. The van der Waals surface area contributed by atoms with Gasteiger partial charge < -0.3 is 5.73 Å². The van der Waals surface area contributed by atoms with E-state index >= 15 is 0 Å². The molecule has 21 heavy (non-hydrogen) atoms. The summed E-state index contributed by atoms with van der Waals surface area (Å²) in [6.45, 7) is 0.259. The predicted molar refractivity (Wildman–Crippen MR) is 92.0 cm³/mol. The molecular formula is C13H11Br2ClN2O2S. The molecule has 2 aromatic rings. The summed E-state index contributed by atoms with van der Waals surface area (Å²) in [5.41, 5.74) is 6.58. The Kier molecular flexibility index (Phi) is 5.32. The molecule has 0 aliphatic heterocycles. The predicted octanol–water partition coefficient (Wildman–Crippen LogP) is 4.12. The van der Waals surface area contributed by atoms with Crippen LogP contribution in [-0.4, -0.2) is 8.42 Å². The molecule has 0 fully saturated rings. The summed E-state index contributed by atoms with van der Waals surface area (Å²) in [7, 11) is -3.76. The van der Waals surface area contributed by atoms with E-state index in [1.165, 1.54) is 6.07 Å². The first-order chi connectivity index (χ1) is 9.83. The van der Waals surface area contributed by atoms with Gasteiger partial charge in [0.25, 0.3) is 10.0 Å². The number of halogens is 3. The molecule has 2 rings (SSSR count). The van der Waals surface area contributed by atoms with Gasteiger partial charge in [0.05, 0.1) is 10.7 Å². The minimum Gasteiger partial charge on any atom is -0.326 e. The molecule has 0 atom stereocenters. The second-order valence-corrected chi connectivity index (χ2v) is 8.03. The Hall–Kier alpha value is -0.600. The van der Waals surface area contributed by atoms with Crippen LogP contribution in [0.25, 0.3) is 0 Å². The molecule has 0 saturated heterocycles. The van der Waals surface area contributed by atoms with Crippen LogP contribution < -0.4 is 10.5 Å². The number of benzene rings is 2. The normalized spacial score (nSPS) is 11.4. The topological polar surface area (TPSA) is 72.2 Å². The Morgan fingerprint density at radius 2 is 1.86 bits per heavy atom. The average molecular weight is 455 g/mol. The zero-order valence-electron chi connectivity index (χ0n) is 10.6. The van der Waals surface area contributed by atoms with Crippen LogP contribution >= 0.6 is 43.5 Å². The second kappa shape index (κ2) is 6.66. The molecule has 0 saturated carbocycles. The highest BCUT2D eigenvalue weighted by Crippen LogP contribution is 2.30. The molecule has 8 heteroatoms. The molecule has 0 radical (unpaired) electrons. The lowest BCUT2D eigenvalue weighted by atomic mass is 10.2. The van der Waals surface area contributed by atoms with Gasteiger partial charge in [-0.05, 0) is 51.8 Å². The fourth-order valence-electron chi connectivity index (χ4n) is 1.65. The summed E-state index contributed by atoms with van der Waals surface area (Å²) < 4.78 is 28.6. The van der Waals surface area contributed by atoms with Crippen molar-refractivity contribution in [2.24, 2.45) is 5.73 Å². The van der Waals surface area contributed by atoms with Gasteiger partial charge in [-0.3, -0.25) is 4.72 Å². The van der Waals surface area contributed by atoms with Gasteiger partial charge in [-0.1, -0.05) is 33.6 Å². The first-order valence-corrected chi connectivity index (χ1v) is 9.24. The highest BCUT2D eigenvalue weighted by Gasteiger charge is 2.19. The molecule has 2 aromatic carbocycles. The number of sulfonamides is 1. The van der Waals surface area contributed by atoms with Gasteiger partial charge in [0, 0.05) is 15.5 Å². The van der Waals surface area contributed by atoms with Gasteiger partial charge >= 0.3 is 0 Å². The zero-order chi connectivity index (χ0) is 15.6. The standard InChI is InChI=1S/C13H11Br2ClN2O2S/c14-9-2-4-12(11(16)6-9)18-21(19,20)13-5-8(7-17)1-3-10(13)15/h1-6,18H,7,17H2. The summed E-state index contributed by atoms with van der Waals surface area (Å²) in [5.74, 6) is 0. The molecule has 4 nitrogen and oxygen atoms in total. The number of anilines is 1. The van der Waals surface area contributed by atoms with E-state index in [0.29, 0.717) is 15.2 Å². The average Bonchev–Trinajstić information content (AvgIpc) is 2.42. The first kappa shape index (κ1) is 16.8. The molecule has 0 unspecified atom stereocenters. The van der Waals surface area contributed by atoms with Crippen molar-refractivity contribution in [2.45, 2.75) is 11.4 Å². The minimum absolute atomic E-state index is 0.115. The number of rotatable bonds is 4. The molecule has 0 aromatic heterocycles. The van der Waals surface area contributed by atoms with Crippen LogP contribution in [0.4, 0.5) is 5.69 Å². The number of hydrogen-bond donors (Lipinski definition) is 2. The molecule has 0 spiro atoms. The molecule has 0 aliphatic carbocycles. The second-order valence-electron chi connectivity index (χ2n) is 4.20. The van der Waals surface area contributed by atoms with E-state index in [0.717, 1.165) is 10.0 Å². The van der Waals surface area contributed by atoms with Gasteiger partial charge in [0.2, 0.25) is 0 Å². The Balaban J connectivity index is 2.43. The van der Waals surface area contributed by atoms with Crippen molar-refractivity contribution in [1.82, 2.24) is 0 Å². The maximum atomic E-state index is 12.5. The lowest BCUT2D eigenvalue weighted by Crippen LogP contribution is -2.14. The Morgan fingerprint density at radius 3 is 2.48 bits per heavy atom. The van der Waals surface area contributed by atoms with Crippen LogP contribution in [-0.2, 0) is 16.6 Å². The smallest absolute Gasteiger partial charge is 0.263 e. The van der Waals surface area contributed by atoms with E-state index in [-0.39, 0.29) is 11.4 Å². The summed E-state index contributed by atoms with van der Waals surface area (Å²) in [6, 6.07) is 9.85. The summed E-state index contributed by atoms with van der Waals surface area (Å²) >= 11 is 12.5. The van der Waals surface area contributed by atoms with Crippen LogP contribution in [0.1, 0.15) is 5.56 Å². The van der Waals surface area contributed by atoms with Crippen molar-refractivity contribution >= 4 is 59.2 Å². The van der Waals surface area contributed by atoms with E-state index in [1.54, 1.807) is 30.3 Å². The number of nitrogens with one attached hydrogen (secondary N) is 1. The van der Waals surface area contributed by atoms with Gasteiger partial charge in [0.15, 0.2) is 0 Å². The quantitative estimate of drug-likeness (QED) is 0.730. The maximum Gasteiger partial charge on any atom is 0.263 e. The van der Waals surface area contributed by atoms with Crippen molar-refractivity contribution < 1.29 is 8.42 Å². The minimum atomic E-state index is -3.76. The van der Waals surface area contributed by atoms with Gasteiger partial charge in [-0.25, -0.2) is 8.42 Å². The maximum absolute atomic E-state index is 12.5. The van der Waals surface area contributed by atoms with Gasteiger partial charge in [-0.15, -0.1) is 0 Å². The molecule has 0 aliphatic rings. The van der Waals surface area contributed by atoms with Gasteiger partial charge in [-0.2, -0.15) is 0 Å². The third kappa shape index (κ3) is 3.98. The number of hydrogen-bond acceptors (Lipinski definition) is 3. The van der Waals surface area contributed by atoms with Crippen LogP contribution in [0.2, 0.25) is 5.02 Å². The van der Waals surface area contributed by atoms with Crippen molar-refractivity contribution in [1.29, 1.82) is 0 Å². The monoisotopic (exact) mass is 452 g/mol. The Labute approximate surface area is 145 Å². The Bertz CT molecular complexity index is 782. The highest BCUT2D eigenvalue weighted by atomic mass is 79.9. The molecular weight excluding hydrogens is 443 g/mol. The van der Waals surface area contributed by atoms with Crippen molar-refractivity contribution in [3.63, 3.8) is 0 Å². The van der Waals surface area contributed by atoms with Gasteiger partial charge in [0.1, 0.15) is 4.90 Å². The van der Waals surface area contributed by atoms with Crippen molar-refractivity contribution in [2.75, 3.05) is 4.72 Å². The molecule has 0 heterocycles. The fraction of sp³-hybridized carbons (Fsp3) is 0.0769. The first-order valence-electron chi connectivity index (χ1n) is 5.80. The summed E-state index contributed by atoms with van der Waals surface area (Å²) in [5, 5.41) is 0.305. The summed E-state index contributed by atoms with van der Waals surface area (Å²) in [6.07, 6.45) is 0. The van der Waals surface area contributed by atoms with E-state index in [4.69, 9.17) is 17.3 Å². The third-order valence-corrected chi connectivity index (χ3v) is 5.86. The lowest BCUT2D eigenvalue weighted by molar-refractivity contribution is 0.600. The van der Waals surface area contributed by atoms with E-state index < -0.39 is 10.0 Å². The van der Waals surface area contributed by atoms with Crippen LogP contribution in [0.15, 0.2) is 50.2 Å². The van der Waals surface area contributed by atoms with Crippen LogP contribution in [0.5, 0.6) is 0 Å². The Morgan fingerprint density at radius 1 is 1.14 bits per heavy atom. The lowest BCUT2D eigenvalue weighted by Gasteiger charge is -2.12. The summed E-state index contributed by atoms with van der Waals surface area (Å²) in [4.78, 5) is 0.115. The van der Waals surface area contributed by atoms with Crippen molar-refractivity contribution in [3.05, 3.63) is 55.9 Å². The largest absolute Gasteiger partial charge is 0.326 e. The molecule has 0 amide bonds. The zero-order valence-corrected chi connectivity index (χ0v) is 15.4. The SMILES string of the molecule is NCc1ccc(Br)c(S(=O)(=O)Nc2ccc(Br)cc2Cl)c1. The van der Waals surface area contributed by atoms with E-state index in [9.17, 15) is 8.42 Å². The number of nitrogens with two attached hydrogens (primary N) is 1. The van der Waals surface area contributed by atoms with E-state index in [1.807, 2.05) is 0 Å². The van der Waals surface area contributed by atoms with E-state index in [2.05, 4.69) is 36.6 Å². The fourth-order valence-corrected chi connectivity index (χ4v) is 4.52. The molecule has 112 valence electrons. The van der Waals surface area contributed by atoms with Crippen molar-refractivity contribution in [3.8, 4) is 0 Å². The third-order valence-electron chi connectivity index (χ3n) is 2.70. The molecule has 0 bridgehead atoms.